The first-order valence-electron chi connectivity index (χ1n) is 4.37. The molecule has 1 rings (SSSR count). The zero-order valence-electron chi connectivity index (χ0n) is 8.49. The van der Waals surface area contributed by atoms with Gasteiger partial charge in [-0.25, -0.2) is 4.39 Å². The predicted molar refractivity (Wildman–Crippen MR) is 60.4 cm³/mol. The van der Waals surface area contributed by atoms with Crippen molar-refractivity contribution in [3.05, 3.63) is 34.1 Å². The Morgan fingerprint density at radius 3 is 2.50 bits per heavy atom. The Morgan fingerprint density at radius 1 is 1.29 bits per heavy atom. The molecule has 0 N–H and O–H groups in total. The summed E-state index contributed by atoms with van der Waals surface area (Å²) in [5, 5.41) is 0. The van der Waals surface area contributed by atoms with E-state index in [1.807, 2.05) is 20.8 Å². The zero-order valence-corrected chi connectivity index (χ0v) is 10.1. The topological polar surface area (TPSA) is 0 Å². The van der Waals surface area contributed by atoms with Crippen LogP contribution in [0.2, 0.25) is 0 Å². The number of benzene rings is 1. The van der Waals surface area contributed by atoms with Crippen LogP contribution in [0, 0.1) is 23.1 Å². The van der Waals surface area contributed by atoms with Crippen LogP contribution in [0.15, 0.2) is 22.7 Å². The second kappa shape index (κ2) is 4.14. The molecule has 0 fully saturated rings. The summed E-state index contributed by atoms with van der Waals surface area (Å²) >= 11 is 3.33. The van der Waals surface area contributed by atoms with E-state index < -0.39 is 0 Å². The van der Waals surface area contributed by atoms with Crippen molar-refractivity contribution in [2.75, 3.05) is 0 Å². The number of hydrogen-bond donors (Lipinski definition) is 0. The van der Waals surface area contributed by atoms with Crippen LogP contribution in [0.5, 0.6) is 0 Å². The molecule has 0 atom stereocenters. The Hall–Kier alpha value is -0.810. The third kappa shape index (κ3) is 3.51. The Balaban J connectivity index is 3.06. The van der Waals surface area contributed by atoms with Crippen molar-refractivity contribution in [3.63, 3.8) is 0 Å². The van der Waals surface area contributed by atoms with Gasteiger partial charge in [0.2, 0.25) is 0 Å². The Morgan fingerprint density at radius 2 is 1.93 bits per heavy atom. The predicted octanol–water partition coefficient (Wildman–Crippen LogP) is 3.99. The highest BCUT2D eigenvalue weighted by Gasteiger charge is 2.04. The van der Waals surface area contributed by atoms with E-state index in [1.54, 1.807) is 6.07 Å². The molecule has 1 aromatic rings. The first-order chi connectivity index (χ1) is 6.38. The summed E-state index contributed by atoms with van der Waals surface area (Å²) in [6.07, 6.45) is 0. The van der Waals surface area contributed by atoms with Crippen LogP contribution in [-0.4, -0.2) is 0 Å². The molecular formula is C12H12BrF. The van der Waals surface area contributed by atoms with Gasteiger partial charge in [-0.2, -0.15) is 0 Å². The van der Waals surface area contributed by atoms with Gasteiger partial charge in [0, 0.05) is 15.5 Å². The van der Waals surface area contributed by atoms with Crippen LogP contribution in [0.4, 0.5) is 4.39 Å². The summed E-state index contributed by atoms with van der Waals surface area (Å²) in [5.74, 6) is 5.76. The van der Waals surface area contributed by atoms with E-state index in [0.29, 0.717) is 5.56 Å². The van der Waals surface area contributed by atoms with E-state index >= 15 is 0 Å². The highest BCUT2D eigenvalue weighted by molar-refractivity contribution is 9.10. The second-order valence-electron chi connectivity index (χ2n) is 4.12. The Bertz CT molecular complexity index is 391. The highest BCUT2D eigenvalue weighted by Crippen LogP contribution is 2.18. The van der Waals surface area contributed by atoms with E-state index in [9.17, 15) is 4.39 Å². The molecule has 0 spiro atoms. The lowest BCUT2D eigenvalue weighted by Crippen LogP contribution is -1.99. The normalized spacial score (nSPS) is 10.6. The lowest BCUT2D eigenvalue weighted by Gasteiger charge is -2.07. The van der Waals surface area contributed by atoms with Gasteiger partial charge in [-0.3, -0.25) is 0 Å². The van der Waals surface area contributed by atoms with Crippen molar-refractivity contribution in [2.24, 2.45) is 5.41 Å². The van der Waals surface area contributed by atoms with E-state index in [2.05, 4.69) is 27.8 Å². The molecule has 0 bridgehead atoms. The van der Waals surface area contributed by atoms with Crippen molar-refractivity contribution in [3.8, 4) is 11.8 Å². The van der Waals surface area contributed by atoms with Gasteiger partial charge in [0.15, 0.2) is 0 Å². The van der Waals surface area contributed by atoms with Gasteiger partial charge in [-0.05, 0) is 54.9 Å². The van der Waals surface area contributed by atoms with Gasteiger partial charge in [-0.1, -0.05) is 11.8 Å². The van der Waals surface area contributed by atoms with Gasteiger partial charge in [0.1, 0.15) is 5.82 Å². The minimum Gasteiger partial charge on any atom is -0.207 e. The van der Waals surface area contributed by atoms with E-state index in [-0.39, 0.29) is 11.2 Å². The molecule has 0 aliphatic carbocycles. The smallest absolute Gasteiger partial charge is 0.124 e. The summed E-state index contributed by atoms with van der Waals surface area (Å²) in [6.45, 7) is 6.06. The molecule has 0 radical (unpaired) electrons. The molecule has 0 aliphatic rings. The summed E-state index contributed by atoms with van der Waals surface area (Å²) in [5.41, 5.74) is 0.631. The van der Waals surface area contributed by atoms with Crippen molar-refractivity contribution in [1.29, 1.82) is 0 Å². The lowest BCUT2D eigenvalue weighted by molar-refractivity contribution is 0.571. The SMILES string of the molecule is CC(C)(C)C#Cc1cc(F)ccc1Br. The first kappa shape index (κ1) is 11.3. The van der Waals surface area contributed by atoms with Crippen LogP contribution in [0.25, 0.3) is 0 Å². The van der Waals surface area contributed by atoms with Gasteiger partial charge >= 0.3 is 0 Å². The molecule has 0 nitrogen and oxygen atoms in total. The summed E-state index contributed by atoms with van der Waals surface area (Å²) < 4.78 is 13.7. The second-order valence-corrected chi connectivity index (χ2v) is 4.98. The highest BCUT2D eigenvalue weighted by atomic mass is 79.9. The first-order valence-corrected chi connectivity index (χ1v) is 5.16. The maximum atomic E-state index is 12.9. The number of halogens is 2. The molecule has 14 heavy (non-hydrogen) atoms. The maximum absolute atomic E-state index is 12.9. The van der Waals surface area contributed by atoms with Crippen LogP contribution < -0.4 is 0 Å². The molecule has 2 heteroatoms. The molecule has 0 saturated carbocycles. The third-order valence-electron chi connectivity index (χ3n) is 1.50. The Kier molecular flexibility index (Phi) is 3.34. The fourth-order valence-corrected chi connectivity index (χ4v) is 1.19. The maximum Gasteiger partial charge on any atom is 0.124 e. The standard InChI is InChI=1S/C12H12BrF/c1-12(2,3)7-6-9-8-10(14)4-5-11(9)13/h4-5,8H,1-3H3. The summed E-state index contributed by atoms with van der Waals surface area (Å²) in [6, 6.07) is 4.51. The fourth-order valence-electron chi connectivity index (χ4n) is 0.848. The van der Waals surface area contributed by atoms with Gasteiger partial charge in [0.25, 0.3) is 0 Å². The van der Waals surface area contributed by atoms with Crippen LogP contribution in [0.3, 0.4) is 0 Å². The minimum atomic E-state index is -0.258. The summed E-state index contributed by atoms with van der Waals surface area (Å²) in [4.78, 5) is 0. The van der Waals surface area contributed by atoms with Gasteiger partial charge < -0.3 is 0 Å². The lowest BCUT2D eigenvalue weighted by atomic mass is 9.97. The van der Waals surface area contributed by atoms with Crippen molar-refractivity contribution in [2.45, 2.75) is 20.8 Å². The van der Waals surface area contributed by atoms with Gasteiger partial charge in [-0.15, -0.1) is 0 Å². The van der Waals surface area contributed by atoms with Crippen molar-refractivity contribution < 1.29 is 4.39 Å². The molecule has 0 saturated heterocycles. The largest absolute Gasteiger partial charge is 0.207 e. The molecule has 0 aromatic heterocycles. The van der Waals surface area contributed by atoms with E-state index in [1.165, 1.54) is 12.1 Å². The number of rotatable bonds is 0. The quantitative estimate of drug-likeness (QED) is 0.615. The minimum absolute atomic E-state index is 0.0637. The zero-order chi connectivity index (χ0) is 10.8. The van der Waals surface area contributed by atoms with E-state index in [0.717, 1.165) is 4.47 Å². The Labute approximate surface area is 92.7 Å². The number of hydrogen-bond acceptors (Lipinski definition) is 0. The van der Waals surface area contributed by atoms with E-state index in [4.69, 9.17) is 0 Å². The van der Waals surface area contributed by atoms with Crippen molar-refractivity contribution in [1.82, 2.24) is 0 Å². The van der Waals surface area contributed by atoms with Crippen LogP contribution >= 0.6 is 15.9 Å². The molecular weight excluding hydrogens is 243 g/mol. The summed E-state index contributed by atoms with van der Waals surface area (Å²) in [7, 11) is 0. The molecule has 0 heterocycles. The molecule has 1 aromatic carbocycles. The van der Waals surface area contributed by atoms with Gasteiger partial charge in [0.05, 0.1) is 0 Å². The molecule has 0 aliphatic heterocycles. The molecule has 74 valence electrons. The fraction of sp³-hybridized carbons (Fsp3) is 0.333. The third-order valence-corrected chi connectivity index (χ3v) is 2.19. The van der Waals surface area contributed by atoms with Crippen molar-refractivity contribution >= 4 is 15.9 Å². The van der Waals surface area contributed by atoms with Crippen LogP contribution in [0.1, 0.15) is 26.3 Å². The molecule has 0 unspecified atom stereocenters. The average Bonchev–Trinajstić information content (AvgIpc) is 2.05. The monoisotopic (exact) mass is 254 g/mol. The molecule has 0 amide bonds. The average molecular weight is 255 g/mol. The van der Waals surface area contributed by atoms with Crippen LogP contribution in [-0.2, 0) is 0 Å².